The van der Waals surface area contributed by atoms with E-state index in [1.807, 2.05) is 20.8 Å². The molecule has 0 bridgehead atoms. The van der Waals surface area contributed by atoms with E-state index in [4.69, 9.17) is 0 Å². The van der Waals surface area contributed by atoms with Crippen molar-refractivity contribution < 1.29 is 14.4 Å². The fourth-order valence-electron chi connectivity index (χ4n) is 2.24. The number of amides is 4. The molecule has 0 fully saturated rings. The summed E-state index contributed by atoms with van der Waals surface area (Å²) in [6, 6.07) is 4.41. The van der Waals surface area contributed by atoms with Crippen molar-refractivity contribution in [3.8, 4) is 0 Å². The molecule has 1 aromatic rings. The molecule has 1 heterocycles. The van der Waals surface area contributed by atoms with Gasteiger partial charge in [0.25, 0.3) is 11.8 Å². The lowest BCUT2D eigenvalue weighted by molar-refractivity contribution is 0.0636. The van der Waals surface area contributed by atoms with Gasteiger partial charge in [-0.15, -0.1) is 0 Å². The Balaban J connectivity index is 2.23. The molecular weight excluding hydrogens is 270 g/mol. The lowest BCUT2D eigenvalue weighted by Crippen LogP contribution is -2.33. The van der Waals surface area contributed by atoms with Crippen LogP contribution >= 0.6 is 0 Å². The summed E-state index contributed by atoms with van der Waals surface area (Å²) >= 11 is 0. The van der Waals surface area contributed by atoms with Gasteiger partial charge in [-0.2, -0.15) is 0 Å². The molecule has 112 valence electrons. The Morgan fingerprint density at radius 2 is 1.86 bits per heavy atom. The number of hydrogen-bond acceptors (Lipinski definition) is 3. The molecule has 2 rings (SSSR count). The molecule has 0 aromatic heterocycles. The largest absolute Gasteiger partial charge is 0.338 e. The van der Waals surface area contributed by atoms with Gasteiger partial charge in [-0.25, -0.2) is 4.79 Å². The minimum atomic E-state index is -0.340. The van der Waals surface area contributed by atoms with Crippen molar-refractivity contribution in [3.63, 3.8) is 0 Å². The van der Waals surface area contributed by atoms with Gasteiger partial charge in [-0.05, 0) is 31.0 Å². The van der Waals surface area contributed by atoms with Crippen LogP contribution < -0.4 is 10.6 Å². The highest BCUT2D eigenvalue weighted by atomic mass is 16.2. The number of nitrogens with zero attached hydrogens (tertiary/aromatic N) is 1. The third-order valence-electron chi connectivity index (χ3n) is 3.11. The number of fused-ring (bicyclic) bond motifs is 1. The predicted octanol–water partition coefficient (Wildman–Crippen LogP) is 2.08. The summed E-state index contributed by atoms with van der Waals surface area (Å²) in [6.45, 7) is 6.62. The summed E-state index contributed by atoms with van der Waals surface area (Å²) in [5, 5.41) is 5.24. The summed E-state index contributed by atoms with van der Waals surface area (Å²) in [7, 11) is 0. The van der Waals surface area contributed by atoms with Crippen molar-refractivity contribution in [2.24, 2.45) is 5.92 Å². The molecule has 1 aliphatic heterocycles. The first kappa shape index (κ1) is 15.0. The molecule has 4 amide bonds. The second-order valence-corrected chi connectivity index (χ2v) is 5.36. The van der Waals surface area contributed by atoms with Gasteiger partial charge < -0.3 is 10.6 Å². The maximum absolute atomic E-state index is 12.3. The number of benzene rings is 1. The summed E-state index contributed by atoms with van der Waals surface area (Å²) in [5.74, 6) is -0.364. The minimum Gasteiger partial charge on any atom is -0.338 e. The summed E-state index contributed by atoms with van der Waals surface area (Å²) < 4.78 is 0. The van der Waals surface area contributed by atoms with Crippen LogP contribution in [0, 0.1) is 5.92 Å². The smallest absolute Gasteiger partial charge is 0.319 e. The third-order valence-corrected chi connectivity index (χ3v) is 3.11. The van der Waals surface area contributed by atoms with Gasteiger partial charge in [-0.3, -0.25) is 14.5 Å². The van der Waals surface area contributed by atoms with E-state index in [0.717, 1.165) is 0 Å². The molecule has 0 aliphatic carbocycles. The maximum atomic E-state index is 12.3. The Labute approximate surface area is 123 Å². The zero-order valence-corrected chi connectivity index (χ0v) is 12.4. The van der Waals surface area contributed by atoms with Gasteiger partial charge in [-0.1, -0.05) is 13.8 Å². The first-order valence-electron chi connectivity index (χ1n) is 6.99. The number of carbonyl (C=O) groups is 3. The summed E-state index contributed by atoms with van der Waals surface area (Å²) in [5.41, 5.74) is 1.23. The number of carbonyl (C=O) groups excluding carboxylic acids is 3. The van der Waals surface area contributed by atoms with Crippen LogP contribution in [0.2, 0.25) is 0 Å². The van der Waals surface area contributed by atoms with Crippen molar-refractivity contribution in [2.75, 3.05) is 18.4 Å². The fraction of sp³-hybridized carbons (Fsp3) is 0.400. The van der Waals surface area contributed by atoms with Gasteiger partial charge in [0.1, 0.15) is 0 Å². The summed E-state index contributed by atoms with van der Waals surface area (Å²) in [4.78, 5) is 37.2. The SMILES string of the molecule is CCNC(=O)Nc1ccc2c(c1)C(=O)N(CC(C)C)C2=O. The van der Waals surface area contributed by atoms with Crippen molar-refractivity contribution in [1.29, 1.82) is 0 Å². The molecular formula is C15H19N3O3. The van der Waals surface area contributed by atoms with Gasteiger partial charge in [0.15, 0.2) is 0 Å². The highest BCUT2D eigenvalue weighted by molar-refractivity contribution is 6.21. The molecule has 0 radical (unpaired) electrons. The van der Waals surface area contributed by atoms with E-state index in [0.29, 0.717) is 29.9 Å². The molecule has 0 saturated carbocycles. The Morgan fingerprint density at radius 3 is 2.48 bits per heavy atom. The second kappa shape index (κ2) is 5.95. The number of rotatable bonds is 4. The zero-order chi connectivity index (χ0) is 15.6. The van der Waals surface area contributed by atoms with Crippen LogP contribution in [0.4, 0.5) is 10.5 Å². The lowest BCUT2D eigenvalue weighted by Gasteiger charge is -2.15. The average molecular weight is 289 g/mol. The van der Waals surface area contributed by atoms with Crippen LogP contribution in [-0.4, -0.2) is 35.8 Å². The van der Waals surface area contributed by atoms with E-state index in [-0.39, 0.29) is 23.8 Å². The summed E-state index contributed by atoms with van der Waals surface area (Å²) in [6.07, 6.45) is 0. The molecule has 1 aromatic carbocycles. The van der Waals surface area contributed by atoms with Crippen LogP contribution in [0.5, 0.6) is 0 Å². The van der Waals surface area contributed by atoms with Crippen LogP contribution in [-0.2, 0) is 0 Å². The Hall–Kier alpha value is -2.37. The molecule has 0 spiro atoms. The maximum Gasteiger partial charge on any atom is 0.319 e. The normalized spacial score (nSPS) is 13.6. The van der Waals surface area contributed by atoms with Crippen molar-refractivity contribution in [1.82, 2.24) is 10.2 Å². The molecule has 0 atom stereocenters. The lowest BCUT2D eigenvalue weighted by atomic mass is 10.1. The van der Waals surface area contributed by atoms with E-state index in [1.165, 1.54) is 4.90 Å². The molecule has 2 N–H and O–H groups in total. The molecule has 0 unspecified atom stereocenters. The molecule has 0 saturated heterocycles. The first-order chi connectivity index (χ1) is 9.93. The Bertz CT molecular complexity index is 596. The number of imide groups is 1. The van der Waals surface area contributed by atoms with E-state index in [2.05, 4.69) is 10.6 Å². The molecule has 6 nitrogen and oxygen atoms in total. The van der Waals surface area contributed by atoms with Crippen molar-refractivity contribution in [3.05, 3.63) is 29.3 Å². The van der Waals surface area contributed by atoms with E-state index < -0.39 is 0 Å². The van der Waals surface area contributed by atoms with Crippen LogP contribution in [0.3, 0.4) is 0 Å². The van der Waals surface area contributed by atoms with Crippen molar-refractivity contribution in [2.45, 2.75) is 20.8 Å². The number of urea groups is 1. The molecule has 6 heteroatoms. The molecule has 21 heavy (non-hydrogen) atoms. The highest BCUT2D eigenvalue weighted by Gasteiger charge is 2.35. The van der Waals surface area contributed by atoms with Crippen LogP contribution in [0.15, 0.2) is 18.2 Å². The van der Waals surface area contributed by atoms with E-state index in [1.54, 1.807) is 18.2 Å². The molecule has 1 aliphatic rings. The average Bonchev–Trinajstić information content (AvgIpc) is 2.64. The number of nitrogens with one attached hydrogen (secondary N) is 2. The second-order valence-electron chi connectivity index (χ2n) is 5.36. The van der Waals surface area contributed by atoms with Gasteiger partial charge in [0.2, 0.25) is 0 Å². The van der Waals surface area contributed by atoms with Gasteiger partial charge in [0, 0.05) is 18.8 Å². The number of anilines is 1. The monoisotopic (exact) mass is 289 g/mol. The minimum absolute atomic E-state index is 0.208. The van der Waals surface area contributed by atoms with Crippen molar-refractivity contribution >= 4 is 23.5 Å². The van der Waals surface area contributed by atoms with Crippen LogP contribution in [0.25, 0.3) is 0 Å². The number of hydrogen-bond donors (Lipinski definition) is 2. The first-order valence-corrected chi connectivity index (χ1v) is 6.99. The van der Waals surface area contributed by atoms with Crippen LogP contribution in [0.1, 0.15) is 41.5 Å². The predicted molar refractivity (Wildman–Crippen MR) is 79.3 cm³/mol. The highest BCUT2D eigenvalue weighted by Crippen LogP contribution is 2.26. The standard InChI is InChI=1S/C15H19N3O3/c1-4-16-15(21)17-10-5-6-11-12(7-10)14(20)18(13(11)19)8-9(2)3/h5-7,9H,4,8H2,1-3H3,(H2,16,17,21). The Kier molecular flexibility index (Phi) is 4.26. The fourth-order valence-corrected chi connectivity index (χ4v) is 2.24. The van der Waals surface area contributed by atoms with E-state index >= 15 is 0 Å². The van der Waals surface area contributed by atoms with Gasteiger partial charge >= 0.3 is 6.03 Å². The zero-order valence-electron chi connectivity index (χ0n) is 12.4. The third kappa shape index (κ3) is 3.04. The quantitative estimate of drug-likeness (QED) is 0.833. The topological polar surface area (TPSA) is 78.5 Å². The van der Waals surface area contributed by atoms with E-state index in [9.17, 15) is 14.4 Å². The Morgan fingerprint density at radius 1 is 1.19 bits per heavy atom. The van der Waals surface area contributed by atoms with Gasteiger partial charge in [0.05, 0.1) is 11.1 Å².